The fourth-order valence-corrected chi connectivity index (χ4v) is 1.89. The van der Waals surface area contributed by atoms with Crippen molar-refractivity contribution in [3.05, 3.63) is 29.6 Å². The molecular formula is C14H21N3O. The summed E-state index contributed by atoms with van der Waals surface area (Å²) in [5.74, 6) is 0.154. The molecule has 1 aliphatic carbocycles. The van der Waals surface area contributed by atoms with Gasteiger partial charge >= 0.3 is 0 Å². The minimum atomic E-state index is 0.154. The first-order valence-electron chi connectivity index (χ1n) is 6.72. The Bertz CT molecular complexity index is 402. The van der Waals surface area contributed by atoms with Crippen molar-refractivity contribution in [1.82, 2.24) is 15.6 Å². The second-order valence-corrected chi connectivity index (χ2v) is 4.73. The molecule has 2 rings (SSSR count). The average molecular weight is 247 g/mol. The van der Waals surface area contributed by atoms with Crippen LogP contribution >= 0.6 is 0 Å². The minimum Gasteiger partial charge on any atom is -0.353 e. The number of carbonyl (C=O) groups excluding carboxylic acids is 1. The van der Waals surface area contributed by atoms with E-state index in [0.29, 0.717) is 19.0 Å². The molecule has 1 aromatic heterocycles. The zero-order valence-corrected chi connectivity index (χ0v) is 10.9. The van der Waals surface area contributed by atoms with Crippen LogP contribution in [0.3, 0.4) is 0 Å². The predicted octanol–water partition coefficient (Wildman–Crippen LogP) is 1.40. The summed E-state index contributed by atoms with van der Waals surface area (Å²) in [4.78, 5) is 15.8. The van der Waals surface area contributed by atoms with Gasteiger partial charge in [0.05, 0.1) is 5.69 Å². The van der Waals surface area contributed by atoms with E-state index in [9.17, 15) is 4.79 Å². The van der Waals surface area contributed by atoms with Crippen LogP contribution in [0.15, 0.2) is 18.3 Å². The van der Waals surface area contributed by atoms with E-state index in [1.807, 2.05) is 12.3 Å². The van der Waals surface area contributed by atoms with Crippen LogP contribution in [0.5, 0.6) is 0 Å². The summed E-state index contributed by atoms with van der Waals surface area (Å²) in [6, 6.07) is 4.52. The number of amides is 1. The van der Waals surface area contributed by atoms with Crippen molar-refractivity contribution in [2.24, 2.45) is 0 Å². The molecule has 0 unspecified atom stereocenters. The van der Waals surface area contributed by atoms with Gasteiger partial charge in [0.15, 0.2) is 0 Å². The van der Waals surface area contributed by atoms with E-state index >= 15 is 0 Å². The van der Waals surface area contributed by atoms with Crippen LogP contribution in [-0.2, 0) is 17.8 Å². The highest BCUT2D eigenvalue weighted by molar-refractivity contribution is 5.76. The molecule has 0 saturated heterocycles. The zero-order valence-electron chi connectivity index (χ0n) is 10.9. The van der Waals surface area contributed by atoms with Gasteiger partial charge in [-0.05, 0) is 30.9 Å². The Hall–Kier alpha value is -1.42. The summed E-state index contributed by atoms with van der Waals surface area (Å²) in [6.45, 7) is 3.57. The number of carbonyl (C=O) groups is 1. The highest BCUT2D eigenvalue weighted by atomic mass is 16.1. The van der Waals surface area contributed by atoms with Gasteiger partial charge in [-0.1, -0.05) is 13.0 Å². The van der Waals surface area contributed by atoms with E-state index in [1.54, 1.807) is 0 Å². The van der Waals surface area contributed by atoms with Crippen LogP contribution < -0.4 is 10.6 Å². The monoisotopic (exact) mass is 247 g/mol. The fourth-order valence-electron chi connectivity index (χ4n) is 1.89. The van der Waals surface area contributed by atoms with Gasteiger partial charge < -0.3 is 10.6 Å². The normalized spacial score (nSPS) is 14.5. The molecule has 0 atom stereocenters. The molecule has 1 heterocycles. The van der Waals surface area contributed by atoms with E-state index in [4.69, 9.17) is 0 Å². The Morgan fingerprint density at radius 2 is 2.33 bits per heavy atom. The number of aryl methyl sites for hydroxylation is 1. The SMILES string of the molecule is CCc1cccnc1CNCCC(=O)NC1CC1. The minimum absolute atomic E-state index is 0.154. The second kappa shape index (κ2) is 6.50. The molecule has 0 aromatic carbocycles. The maximum Gasteiger partial charge on any atom is 0.221 e. The molecule has 98 valence electrons. The van der Waals surface area contributed by atoms with E-state index in [1.165, 1.54) is 5.56 Å². The molecule has 2 N–H and O–H groups in total. The Balaban J connectivity index is 1.66. The van der Waals surface area contributed by atoms with Crippen LogP contribution in [0, 0.1) is 0 Å². The third kappa shape index (κ3) is 4.11. The summed E-state index contributed by atoms with van der Waals surface area (Å²) in [7, 11) is 0. The van der Waals surface area contributed by atoms with Gasteiger partial charge in [-0.25, -0.2) is 0 Å². The van der Waals surface area contributed by atoms with Gasteiger partial charge in [0.2, 0.25) is 5.91 Å². The highest BCUT2D eigenvalue weighted by Gasteiger charge is 2.22. The van der Waals surface area contributed by atoms with E-state index in [-0.39, 0.29) is 5.91 Å². The third-order valence-electron chi connectivity index (χ3n) is 3.13. The van der Waals surface area contributed by atoms with Crippen LogP contribution in [0.4, 0.5) is 0 Å². The lowest BCUT2D eigenvalue weighted by Crippen LogP contribution is -2.29. The number of pyridine rings is 1. The largest absolute Gasteiger partial charge is 0.353 e. The van der Waals surface area contributed by atoms with E-state index < -0.39 is 0 Å². The quantitative estimate of drug-likeness (QED) is 0.716. The molecule has 4 heteroatoms. The first-order chi connectivity index (χ1) is 8.79. The van der Waals surface area contributed by atoms with Crippen molar-refractivity contribution in [3.63, 3.8) is 0 Å². The first kappa shape index (κ1) is 13.0. The highest BCUT2D eigenvalue weighted by Crippen LogP contribution is 2.18. The standard InChI is InChI=1S/C14H21N3O/c1-2-11-4-3-8-16-13(11)10-15-9-7-14(18)17-12-5-6-12/h3-4,8,12,15H,2,5-7,9-10H2,1H3,(H,17,18). The van der Waals surface area contributed by atoms with Gasteiger partial charge in [0.1, 0.15) is 0 Å². The summed E-state index contributed by atoms with van der Waals surface area (Å²) in [6.07, 6.45) is 5.65. The van der Waals surface area contributed by atoms with Crippen LogP contribution in [0.25, 0.3) is 0 Å². The molecule has 1 aliphatic rings. The molecule has 0 bridgehead atoms. The van der Waals surface area contributed by atoms with Gasteiger partial charge in [-0.2, -0.15) is 0 Å². The molecule has 0 radical (unpaired) electrons. The lowest BCUT2D eigenvalue weighted by molar-refractivity contribution is -0.121. The maximum atomic E-state index is 11.5. The first-order valence-corrected chi connectivity index (χ1v) is 6.72. The number of aromatic nitrogens is 1. The lowest BCUT2D eigenvalue weighted by atomic mass is 10.1. The third-order valence-corrected chi connectivity index (χ3v) is 3.13. The molecule has 0 spiro atoms. The summed E-state index contributed by atoms with van der Waals surface area (Å²) < 4.78 is 0. The van der Waals surface area contributed by atoms with Crippen molar-refractivity contribution < 1.29 is 4.79 Å². The van der Waals surface area contributed by atoms with Gasteiger partial charge in [0, 0.05) is 31.7 Å². The molecule has 1 saturated carbocycles. The Morgan fingerprint density at radius 3 is 3.06 bits per heavy atom. The fraction of sp³-hybridized carbons (Fsp3) is 0.571. The molecular weight excluding hydrogens is 226 g/mol. The molecule has 0 aliphatic heterocycles. The summed E-state index contributed by atoms with van der Waals surface area (Å²) in [5.41, 5.74) is 2.36. The van der Waals surface area contributed by atoms with Crippen molar-refractivity contribution in [1.29, 1.82) is 0 Å². The van der Waals surface area contributed by atoms with Crippen molar-refractivity contribution in [2.45, 2.75) is 45.2 Å². The van der Waals surface area contributed by atoms with Crippen molar-refractivity contribution in [2.75, 3.05) is 6.54 Å². The Labute approximate surface area is 108 Å². The number of rotatable bonds is 7. The van der Waals surface area contributed by atoms with Crippen LogP contribution in [-0.4, -0.2) is 23.5 Å². The molecule has 1 aromatic rings. The Kier molecular flexibility index (Phi) is 4.70. The average Bonchev–Trinajstić information content (AvgIpc) is 3.19. The molecule has 1 amide bonds. The molecule has 18 heavy (non-hydrogen) atoms. The molecule has 1 fully saturated rings. The van der Waals surface area contributed by atoms with Crippen LogP contribution in [0.2, 0.25) is 0 Å². The number of hydrogen-bond acceptors (Lipinski definition) is 3. The zero-order chi connectivity index (χ0) is 12.8. The number of nitrogens with one attached hydrogen (secondary N) is 2. The number of nitrogens with zero attached hydrogens (tertiary/aromatic N) is 1. The number of hydrogen-bond donors (Lipinski definition) is 2. The van der Waals surface area contributed by atoms with Crippen LogP contribution in [0.1, 0.15) is 37.4 Å². The maximum absolute atomic E-state index is 11.5. The van der Waals surface area contributed by atoms with E-state index in [0.717, 1.165) is 31.5 Å². The van der Waals surface area contributed by atoms with Crippen molar-refractivity contribution >= 4 is 5.91 Å². The Morgan fingerprint density at radius 1 is 1.50 bits per heavy atom. The smallest absolute Gasteiger partial charge is 0.221 e. The van der Waals surface area contributed by atoms with Gasteiger partial charge in [0.25, 0.3) is 0 Å². The van der Waals surface area contributed by atoms with Crippen molar-refractivity contribution in [3.8, 4) is 0 Å². The lowest BCUT2D eigenvalue weighted by Gasteiger charge is -2.08. The van der Waals surface area contributed by atoms with Gasteiger partial charge in [-0.3, -0.25) is 9.78 Å². The summed E-state index contributed by atoms with van der Waals surface area (Å²) in [5, 5.41) is 6.26. The second-order valence-electron chi connectivity index (χ2n) is 4.73. The predicted molar refractivity (Wildman–Crippen MR) is 71.1 cm³/mol. The molecule has 4 nitrogen and oxygen atoms in total. The van der Waals surface area contributed by atoms with Gasteiger partial charge in [-0.15, -0.1) is 0 Å². The van der Waals surface area contributed by atoms with E-state index in [2.05, 4.69) is 28.6 Å². The summed E-state index contributed by atoms with van der Waals surface area (Å²) >= 11 is 0. The topological polar surface area (TPSA) is 54.0 Å².